The summed E-state index contributed by atoms with van der Waals surface area (Å²) in [6.07, 6.45) is 6.59. The smallest absolute Gasteiger partial charge is 0.325 e. The molecule has 0 bridgehead atoms. The summed E-state index contributed by atoms with van der Waals surface area (Å²) in [4.78, 5) is 39.8. The predicted octanol–water partition coefficient (Wildman–Crippen LogP) is 3.75. The summed E-state index contributed by atoms with van der Waals surface area (Å²) in [6, 6.07) is 6.95. The quantitative estimate of drug-likeness (QED) is 0.651. The van der Waals surface area contributed by atoms with Gasteiger partial charge in [0, 0.05) is 24.2 Å². The van der Waals surface area contributed by atoms with Gasteiger partial charge in [0.15, 0.2) is 5.82 Å². The van der Waals surface area contributed by atoms with E-state index in [9.17, 15) is 14.4 Å². The highest BCUT2D eigenvalue weighted by Crippen LogP contribution is 2.46. The molecular formula is C26H34N6O3. The van der Waals surface area contributed by atoms with E-state index in [0.29, 0.717) is 24.4 Å². The fraction of sp³-hybridized carbons (Fsp3) is 0.577. The molecule has 2 atom stereocenters. The van der Waals surface area contributed by atoms with Gasteiger partial charge in [-0.05, 0) is 67.7 Å². The SMILES string of the molecule is C[C@H]1CC(C)(C)C[C@@]2(C1)NC(=O)N(CC(=O)Nc1ccc(-c3nnc4n3CCCCC4)cc1)C2=O. The highest BCUT2D eigenvalue weighted by atomic mass is 16.2. The molecule has 186 valence electrons. The van der Waals surface area contributed by atoms with Crippen LogP contribution in [0.15, 0.2) is 24.3 Å². The second kappa shape index (κ2) is 8.77. The number of rotatable bonds is 4. The molecule has 2 fully saturated rings. The van der Waals surface area contributed by atoms with Crippen molar-refractivity contribution in [1.29, 1.82) is 0 Å². The predicted molar refractivity (Wildman–Crippen MR) is 131 cm³/mol. The van der Waals surface area contributed by atoms with Crippen LogP contribution in [0.4, 0.5) is 10.5 Å². The molecule has 1 spiro atoms. The molecule has 35 heavy (non-hydrogen) atoms. The highest BCUT2D eigenvalue weighted by Gasteiger charge is 2.56. The molecule has 1 aromatic heterocycles. The highest BCUT2D eigenvalue weighted by molar-refractivity contribution is 6.10. The van der Waals surface area contributed by atoms with Crippen LogP contribution in [0.25, 0.3) is 11.4 Å². The van der Waals surface area contributed by atoms with Crippen molar-refractivity contribution >= 4 is 23.5 Å². The molecule has 4 amide bonds. The lowest BCUT2D eigenvalue weighted by atomic mass is 9.64. The summed E-state index contributed by atoms with van der Waals surface area (Å²) >= 11 is 0. The van der Waals surface area contributed by atoms with Crippen molar-refractivity contribution in [2.75, 3.05) is 11.9 Å². The van der Waals surface area contributed by atoms with Crippen LogP contribution in [0.2, 0.25) is 0 Å². The maximum atomic E-state index is 13.3. The zero-order valence-electron chi connectivity index (χ0n) is 20.8. The van der Waals surface area contributed by atoms with E-state index in [2.05, 4.69) is 46.2 Å². The maximum absolute atomic E-state index is 13.3. The van der Waals surface area contributed by atoms with E-state index in [1.807, 2.05) is 24.3 Å². The lowest BCUT2D eigenvalue weighted by Crippen LogP contribution is -2.54. The van der Waals surface area contributed by atoms with Crippen molar-refractivity contribution in [1.82, 2.24) is 25.0 Å². The molecule has 0 unspecified atom stereocenters. The molecule has 5 rings (SSSR count). The first-order chi connectivity index (χ1) is 16.7. The summed E-state index contributed by atoms with van der Waals surface area (Å²) in [7, 11) is 0. The van der Waals surface area contributed by atoms with Crippen molar-refractivity contribution in [2.24, 2.45) is 11.3 Å². The van der Waals surface area contributed by atoms with Gasteiger partial charge in [-0.3, -0.25) is 14.5 Å². The molecule has 9 nitrogen and oxygen atoms in total. The number of amides is 4. The first-order valence-electron chi connectivity index (χ1n) is 12.6. The van der Waals surface area contributed by atoms with Crippen molar-refractivity contribution < 1.29 is 14.4 Å². The number of aryl methyl sites for hydroxylation is 1. The second-order valence-electron chi connectivity index (χ2n) is 11.3. The minimum absolute atomic E-state index is 0.0522. The number of nitrogens with one attached hydrogen (secondary N) is 2. The monoisotopic (exact) mass is 478 g/mol. The van der Waals surface area contributed by atoms with E-state index in [0.717, 1.165) is 54.3 Å². The molecule has 9 heteroatoms. The first kappa shape index (κ1) is 23.5. The van der Waals surface area contributed by atoms with Crippen LogP contribution >= 0.6 is 0 Å². The van der Waals surface area contributed by atoms with Crippen LogP contribution in [-0.4, -0.2) is 49.6 Å². The Morgan fingerprint density at radius 3 is 2.63 bits per heavy atom. The zero-order valence-corrected chi connectivity index (χ0v) is 20.8. The van der Waals surface area contributed by atoms with E-state index in [1.54, 1.807) is 0 Å². The Balaban J connectivity index is 1.24. The summed E-state index contributed by atoms with van der Waals surface area (Å²) in [5.41, 5.74) is 0.581. The summed E-state index contributed by atoms with van der Waals surface area (Å²) < 4.78 is 2.18. The average Bonchev–Trinajstić information content (AvgIpc) is 3.15. The van der Waals surface area contributed by atoms with Crippen LogP contribution in [-0.2, 0) is 22.6 Å². The maximum Gasteiger partial charge on any atom is 0.325 e. The molecule has 2 N–H and O–H groups in total. The Morgan fingerprint density at radius 1 is 1.11 bits per heavy atom. The van der Waals surface area contributed by atoms with Crippen molar-refractivity contribution in [3.8, 4) is 11.4 Å². The van der Waals surface area contributed by atoms with Crippen LogP contribution in [0.1, 0.15) is 65.1 Å². The zero-order chi connectivity index (χ0) is 24.8. The number of anilines is 1. The van der Waals surface area contributed by atoms with Crippen molar-refractivity contribution in [3.63, 3.8) is 0 Å². The van der Waals surface area contributed by atoms with Gasteiger partial charge in [-0.2, -0.15) is 0 Å². The van der Waals surface area contributed by atoms with Gasteiger partial charge >= 0.3 is 6.03 Å². The number of hydrogen-bond donors (Lipinski definition) is 2. The van der Waals surface area contributed by atoms with E-state index in [4.69, 9.17) is 0 Å². The topological polar surface area (TPSA) is 109 Å². The van der Waals surface area contributed by atoms with Gasteiger partial charge in [-0.1, -0.05) is 27.2 Å². The lowest BCUT2D eigenvalue weighted by Gasteiger charge is -2.43. The van der Waals surface area contributed by atoms with Gasteiger partial charge in [0.1, 0.15) is 17.9 Å². The number of hydrogen-bond acceptors (Lipinski definition) is 5. The van der Waals surface area contributed by atoms with Gasteiger partial charge in [0.25, 0.3) is 5.91 Å². The van der Waals surface area contributed by atoms with Gasteiger partial charge in [-0.15, -0.1) is 10.2 Å². The fourth-order valence-electron chi connectivity index (χ4n) is 6.39. The van der Waals surface area contributed by atoms with E-state index >= 15 is 0 Å². The van der Waals surface area contributed by atoms with E-state index in [-0.39, 0.29) is 17.9 Å². The Labute approximate surface area is 205 Å². The number of urea groups is 1. The van der Waals surface area contributed by atoms with Crippen LogP contribution in [0, 0.1) is 11.3 Å². The third-order valence-corrected chi connectivity index (χ3v) is 7.46. The molecular weight excluding hydrogens is 444 g/mol. The summed E-state index contributed by atoms with van der Waals surface area (Å²) in [6.45, 7) is 6.97. The number of fused-ring (bicyclic) bond motifs is 1. The van der Waals surface area contributed by atoms with Gasteiger partial charge in [0.2, 0.25) is 5.91 Å². The van der Waals surface area contributed by atoms with Crippen molar-refractivity contribution in [3.05, 3.63) is 30.1 Å². The van der Waals surface area contributed by atoms with E-state index < -0.39 is 17.5 Å². The number of imide groups is 1. The normalized spacial score (nSPS) is 25.8. The third kappa shape index (κ3) is 4.56. The lowest BCUT2D eigenvalue weighted by molar-refractivity contribution is -0.136. The van der Waals surface area contributed by atoms with Gasteiger partial charge < -0.3 is 15.2 Å². The number of aromatic nitrogens is 3. The molecule has 1 aliphatic carbocycles. The molecule has 1 saturated heterocycles. The number of benzene rings is 1. The van der Waals surface area contributed by atoms with Crippen LogP contribution in [0.5, 0.6) is 0 Å². The molecule has 1 saturated carbocycles. The third-order valence-electron chi connectivity index (χ3n) is 7.46. The Hall–Kier alpha value is -3.23. The minimum atomic E-state index is -0.906. The van der Waals surface area contributed by atoms with Gasteiger partial charge in [0.05, 0.1) is 0 Å². The van der Waals surface area contributed by atoms with Crippen molar-refractivity contribution in [2.45, 2.75) is 77.8 Å². The number of carbonyl (C=O) groups excluding carboxylic acids is 3. The second-order valence-corrected chi connectivity index (χ2v) is 11.3. The molecule has 2 aromatic rings. The summed E-state index contributed by atoms with van der Waals surface area (Å²) in [5, 5.41) is 14.5. The fourth-order valence-corrected chi connectivity index (χ4v) is 6.39. The Bertz CT molecular complexity index is 1150. The molecule has 0 radical (unpaired) electrons. The Kier molecular flexibility index (Phi) is 5.89. The standard InChI is InChI=1S/C26H34N6O3/c1-17-13-25(2,3)16-26(14-17)23(34)32(24(35)28-26)15-21(33)27-19-10-8-18(9-11-19)22-30-29-20-7-5-4-6-12-31(20)22/h8-11,17H,4-7,12-16H2,1-3H3,(H,27,33)(H,28,35)/t17-,26+/m0/s1. The Morgan fingerprint density at radius 2 is 1.89 bits per heavy atom. The van der Waals surface area contributed by atoms with Crippen LogP contribution < -0.4 is 10.6 Å². The van der Waals surface area contributed by atoms with E-state index in [1.165, 1.54) is 6.42 Å². The minimum Gasteiger partial charge on any atom is -0.325 e. The molecule has 2 aliphatic heterocycles. The largest absolute Gasteiger partial charge is 0.325 e. The first-order valence-corrected chi connectivity index (χ1v) is 12.6. The summed E-state index contributed by atoms with van der Waals surface area (Å²) in [5.74, 6) is 1.49. The number of nitrogens with zero attached hydrogens (tertiary/aromatic N) is 4. The molecule has 3 aliphatic rings. The molecule has 3 heterocycles. The van der Waals surface area contributed by atoms with Crippen LogP contribution in [0.3, 0.4) is 0 Å². The van der Waals surface area contributed by atoms with Gasteiger partial charge in [-0.25, -0.2) is 4.79 Å². The molecule has 1 aromatic carbocycles. The number of carbonyl (C=O) groups is 3. The average molecular weight is 479 g/mol.